The first kappa shape index (κ1) is 15.8. The first-order chi connectivity index (χ1) is 13.3. The quantitative estimate of drug-likeness (QED) is 0.394. The van der Waals surface area contributed by atoms with E-state index in [1.54, 1.807) is 6.07 Å². The van der Waals surface area contributed by atoms with Gasteiger partial charge in [-0.25, -0.2) is 0 Å². The van der Waals surface area contributed by atoms with Gasteiger partial charge in [0.25, 0.3) is 0 Å². The number of rotatable bonds is 2. The largest absolute Gasteiger partial charge is 0.508 e. The van der Waals surface area contributed by atoms with Crippen molar-refractivity contribution in [2.45, 2.75) is 5.92 Å². The second-order valence-corrected chi connectivity index (χ2v) is 6.91. The molecular formula is C26H19O+. The molecule has 1 aliphatic rings. The predicted octanol–water partition coefficient (Wildman–Crippen LogP) is 5.90. The van der Waals surface area contributed by atoms with Crippen molar-refractivity contribution in [3.8, 4) is 5.75 Å². The molecule has 0 atom stereocenters. The van der Waals surface area contributed by atoms with E-state index in [-0.39, 0.29) is 5.92 Å². The molecule has 4 aromatic rings. The maximum Gasteiger partial charge on any atom is 0.120 e. The lowest BCUT2D eigenvalue weighted by molar-refractivity contribution is 0.467. The summed E-state index contributed by atoms with van der Waals surface area (Å²) < 4.78 is 0. The molecule has 0 unspecified atom stereocenters. The number of aromatic hydroxyl groups is 1. The summed E-state index contributed by atoms with van der Waals surface area (Å²) in [5.74, 6) is 1.62. The summed E-state index contributed by atoms with van der Waals surface area (Å²) in [5.41, 5.74) is 7.09. The fourth-order valence-corrected chi connectivity index (χ4v) is 4.25. The summed E-state index contributed by atoms with van der Waals surface area (Å²) in [7, 11) is 0. The molecule has 0 saturated heterocycles. The van der Waals surface area contributed by atoms with E-state index in [0.717, 1.165) is 5.56 Å². The van der Waals surface area contributed by atoms with Gasteiger partial charge in [-0.15, -0.1) is 0 Å². The molecule has 0 spiro atoms. The lowest BCUT2D eigenvalue weighted by Crippen LogP contribution is -2.20. The standard InChI is InChI=1S/C26H18O/c27-24-17-9-8-16-23(24)26-21-14-6-4-12-19(21)25(18-10-2-1-3-11-18)20-13-5-7-15-22(20)26/h1-17,26H/p+1. The molecule has 0 saturated carbocycles. The van der Waals surface area contributed by atoms with Gasteiger partial charge in [-0.2, -0.15) is 0 Å². The second-order valence-electron chi connectivity index (χ2n) is 6.91. The van der Waals surface area contributed by atoms with Gasteiger partial charge in [-0.1, -0.05) is 36.4 Å². The zero-order valence-electron chi connectivity index (χ0n) is 14.8. The van der Waals surface area contributed by atoms with Crippen LogP contribution in [0.3, 0.4) is 0 Å². The molecule has 0 amide bonds. The van der Waals surface area contributed by atoms with Crippen LogP contribution in [0.4, 0.5) is 0 Å². The summed E-state index contributed by atoms with van der Waals surface area (Å²) in [6.45, 7) is 0. The number of benzene rings is 4. The van der Waals surface area contributed by atoms with Crippen LogP contribution in [0.25, 0.3) is 0 Å². The van der Waals surface area contributed by atoms with Crippen molar-refractivity contribution in [3.63, 3.8) is 0 Å². The molecule has 1 nitrogen and oxygen atoms in total. The Morgan fingerprint density at radius 2 is 1.00 bits per heavy atom. The van der Waals surface area contributed by atoms with E-state index in [1.807, 2.05) is 18.2 Å². The Balaban J connectivity index is 1.82. The van der Waals surface area contributed by atoms with Crippen LogP contribution in [0.1, 0.15) is 39.3 Å². The Kier molecular flexibility index (Phi) is 3.72. The van der Waals surface area contributed by atoms with Gasteiger partial charge < -0.3 is 5.11 Å². The normalized spacial score (nSPS) is 13.1. The van der Waals surface area contributed by atoms with Gasteiger partial charge in [0, 0.05) is 16.7 Å². The zero-order valence-corrected chi connectivity index (χ0v) is 14.8. The van der Waals surface area contributed by atoms with Crippen LogP contribution in [0.15, 0.2) is 103 Å². The van der Waals surface area contributed by atoms with Crippen LogP contribution in [0, 0.1) is 5.92 Å². The molecule has 0 aromatic heterocycles. The summed E-state index contributed by atoms with van der Waals surface area (Å²) in [6, 6.07) is 35.4. The lowest BCUT2D eigenvalue weighted by Gasteiger charge is -2.30. The van der Waals surface area contributed by atoms with E-state index in [0.29, 0.717) is 5.75 Å². The van der Waals surface area contributed by atoms with Crippen molar-refractivity contribution < 1.29 is 5.11 Å². The van der Waals surface area contributed by atoms with Crippen LogP contribution in [0.5, 0.6) is 5.75 Å². The molecule has 4 aromatic carbocycles. The minimum absolute atomic E-state index is 0.0195. The van der Waals surface area contributed by atoms with E-state index in [2.05, 4.69) is 78.9 Å². The Hall–Kier alpha value is -3.45. The van der Waals surface area contributed by atoms with E-state index < -0.39 is 0 Å². The van der Waals surface area contributed by atoms with Crippen LogP contribution >= 0.6 is 0 Å². The van der Waals surface area contributed by atoms with Crippen LogP contribution < -0.4 is 0 Å². The van der Waals surface area contributed by atoms with Gasteiger partial charge in [0.2, 0.25) is 0 Å². The third-order valence-electron chi connectivity index (χ3n) is 5.39. The van der Waals surface area contributed by atoms with Crippen molar-refractivity contribution in [2.75, 3.05) is 0 Å². The fourth-order valence-electron chi connectivity index (χ4n) is 4.25. The van der Waals surface area contributed by atoms with Crippen LogP contribution in [-0.2, 0) is 0 Å². The Morgan fingerprint density at radius 3 is 1.59 bits per heavy atom. The molecule has 0 heterocycles. The van der Waals surface area contributed by atoms with Crippen molar-refractivity contribution >= 4 is 0 Å². The van der Waals surface area contributed by atoms with E-state index in [4.69, 9.17) is 0 Å². The van der Waals surface area contributed by atoms with Gasteiger partial charge in [0.15, 0.2) is 0 Å². The highest BCUT2D eigenvalue weighted by molar-refractivity contribution is 5.70. The zero-order chi connectivity index (χ0) is 18.2. The lowest BCUT2D eigenvalue weighted by atomic mass is 9.68. The molecule has 1 N–H and O–H groups in total. The van der Waals surface area contributed by atoms with Crippen LogP contribution in [-0.4, -0.2) is 5.11 Å². The molecule has 0 aliphatic heterocycles. The number of phenolic OH excluding ortho intramolecular Hbond substituents is 1. The van der Waals surface area contributed by atoms with Gasteiger partial charge >= 0.3 is 0 Å². The fraction of sp³-hybridized carbons (Fsp3) is 0.0385. The molecule has 0 radical (unpaired) electrons. The summed E-state index contributed by atoms with van der Waals surface area (Å²) in [6.07, 6.45) is 0. The topological polar surface area (TPSA) is 20.2 Å². The molecule has 1 heteroatoms. The second kappa shape index (κ2) is 6.37. The van der Waals surface area contributed by atoms with Gasteiger partial charge in [-0.05, 0) is 66.7 Å². The van der Waals surface area contributed by atoms with Crippen molar-refractivity contribution in [1.29, 1.82) is 0 Å². The monoisotopic (exact) mass is 347 g/mol. The minimum atomic E-state index is 0.0195. The molecule has 5 rings (SSSR count). The summed E-state index contributed by atoms with van der Waals surface area (Å²) >= 11 is 0. The van der Waals surface area contributed by atoms with Crippen molar-refractivity contribution in [3.05, 3.63) is 142 Å². The first-order valence-electron chi connectivity index (χ1n) is 9.23. The smallest absolute Gasteiger partial charge is 0.120 e. The molecule has 128 valence electrons. The Labute approximate surface area is 159 Å². The maximum absolute atomic E-state index is 10.6. The van der Waals surface area contributed by atoms with Gasteiger partial charge in [0.1, 0.15) is 5.75 Å². The average Bonchev–Trinajstić information content (AvgIpc) is 2.73. The number of para-hydroxylation sites is 1. The minimum Gasteiger partial charge on any atom is -0.508 e. The van der Waals surface area contributed by atoms with Gasteiger partial charge in [-0.3, -0.25) is 0 Å². The van der Waals surface area contributed by atoms with E-state index >= 15 is 0 Å². The number of fused-ring (bicyclic) bond motifs is 2. The van der Waals surface area contributed by atoms with Crippen LogP contribution in [0.2, 0.25) is 0 Å². The average molecular weight is 347 g/mol. The number of phenols is 1. The third-order valence-corrected chi connectivity index (χ3v) is 5.39. The first-order valence-corrected chi connectivity index (χ1v) is 9.23. The predicted molar refractivity (Wildman–Crippen MR) is 109 cm³/mol. The highest BCUT2D eigenvalue weighted by Crippen LogP contribution is 2.49. The molecule has 1 aliphatic carbocycles. The summed E-state index contributed by atoms with van der Waals surface area (Å²) in [4.78, 5) is 0. The highest BCUT2D eigenvalue weighted by atomic mass is 16.3. The third kappa shape index (κ3) is 2.51. The number of hydrogen-bond acceptors (Lipinski definition) is 1. The van der Waals surface area contributed by atoms with Gasteiger partial charge in [0.05, 0.1) is 28.5 Å². The van der Waals surface area contributed by atoms with Crippen molar-refractivity contribution in [2.24, 2.45) is 0 Å². The molecule has 0 fully saturated rings. The Bertz CT molecular complexity index is 1050. The summed E-state index contributed by atoms with van der Waals surface area (Å²) in [5, 5.41) is 10.6. The molecule has 27 heavy (non-hydrogen) atoms. The van der Waals surface area contributed by atoms with E-state index in [1.165, 1.54) is 33.7 Å². The maximum atomic E-state index is 10.6. The molecular weight excluding hydrogens is 328 g/mol. The highest BCUT2D eigenvalue weighted by Gasteiger charge is 2.39. The number of hydrogen-bond donors (Lipinski definition) is 1. The SMILES string of the molecule is Oc1ccccc1C1c2ccccc2[C+](c2ccccc2)c2ccccc21. The molecule has 0 bridgehead atoms. The Morgan fingerprint density at radius 1 is 0.519 bits per heavy atom. The van der Waals surface area contributed by atoms with E-state index in [9.17, 15) is 5.11 Å². The van der Waals surface area contributed by atoms with Crippen molar-refractivity contribution in [1.82, 2.24) is 0 Å².